The fourth-order valence-corrected chi connectivity index (χ4v) is 3.49. The molecule has 2 N–H and O–H groups in total. The minimum atomic E-state index is -0.699. The highest BCUT2D eigenvalue weighted by Gasteiger charge is 2.24. The Morgan fingerprint density at radius 1 is 1.03 bits per heavy atom. The van der Waals surface area contributed by atoms with Crippen molar-refractivity contribution in [3.8, 4) is 5.69 Å². The molecule has 0 saturated heterocycles. The first-order valence-corrected chi connectivity index (χ1v) is 10.2. The summed E-state index contributed by atoms with van der Waals surface area (Å²) in [6.07, 6.45) is 0. The van der Waals surface area contributed by atoms with E-state index < -0.39 is 24.5 Å². The van der Waals surface area contributed by atoms with E-state index in [0.717, 1.165) is 11.4 Å². The molecule has 0 saturated carbocycles. The Labute approximate surface area is 185 Å². The maximum Gasteiger partial charge on any atom is 0.355 e. The molecule has 0 aliphatic carbocycles. The van der Waals surface area contributed by atoms with Gasteiger partial charge < -0.3 is 19.8 Å². The number of carbonyl (C=O) groups excluding carboxylic acids is 3. The predicted molar refractivity (Wildman–Crippen MR) is 118 cm³/mol. The van der Waals surface area contributed by atoms with Gasteiger partial charge in [-0.3, -0.25) is 4.79 Å². The van der Waals surface area contributed by atoms with E-state index in [4.69, 9.17) is 9.47 Å². The number of amides is 1. The molecule has 168 valence electrons. The number of esters is 2. The molecule has 9 heteroatoms. The maximum absolute atomic E-state index is 12.6. The Balaban J connectivity index is 1.68. The van der Waals surface area contributed by atoms with Gasteiger partial charge in [-0.2, -0.15) is 5.10 Å². The fraction of sp³-hybridized carbons (Fsp3) is 0.304. The minimum absolute atomic E-state index is 0.195. The summed E-state index contributed by atoms with van der Waals surface area (Å²) in [6.45, 7) is 8.34. The number of carbonyl (C=O) groups is 3. The molecule has 0 aliphatic rings. The van der Waals surface area contributed by atoms with Crippen molar-refractivity contribution in [1.29, 1.82) is 0 Å². The first-order chi connectivity index (χ1) is 15.2. The average Bonchev–Trinajstić information content (AvgIpc) is 3.22. The second-order valence-corrected chi connectivity index (χ2v) is 7.26. The van der Waals surface area contributed by atoms with Crippen LogP contribution in [0.1, 0.15) is 50.4 Å². The van der Waals surface area contributed by atoms with Gasteiger partial charge in [0.15, 0.2) is 6.61 Å². The SMILES string of the molecule is CCOC(=O)c1[nH]c(C)c(C(=O)OCC(=O)Nc2c(C)nn(-c3ccccc3)c2C)c1C. The van der Waals surface area contributed by atoms with E-state index in [9.17, 15) is 14.4 Å². The van der Waals surface area contributed by atoms with Crippen LogP contribution < -0.4 is 5.32 Å². The third-order valence-electron chi connectivity index (χ3n) is 5.01. The van der Waals surface area contributed by atoms with Gasteiger partial charge in [0.25, 0.3) is 5.91 Å². The van der Waals surface area contributed by atoms with E-state index in [0.29, 0.717) is 22.6 Å². The van der Waals surface area contributed by atoms with Crippen molar-refractivity contribution < 1.29 is 23.9 Å². The van der Waals surface area contributed by atoms with Gasteiger partial charge in [-0.25, -0.2) is 14.3 Å². The highest BCUT2D eigenvalue weighted by Crippen LogP contribution is 2.23. The molecular weight excluding hydrogens is 412 g/mol. The summed E-state index contributed by atoms with van der Waals surface area (Å²) < 4.78 is 11.9. The second-order valence-electron chi connectivity index (χ2n) is 7.26. The normalized spacial score (nSPS) is 10.7. The van der Waals surface area contributed by atoms with Gasteiger partial charge in [0.2, 0.25) is 0 Å². The number of hydrogen-bond donors (Lipinski definition) is 2. The summed E-state index contributed by atoms with van der Waals surface area (Å²) >= 11 is 0. The van der Waals surface area contributed by atoms with Crippen LogP contribution in [0.3, 0.4) is 0 Å². The number of H-pyrrole nitrogens is 1. The monoisotopic (exact) mass is 438 g/mol. The van der Waals surface area contributed by atoms with Gasteiger partial charge in [0.05, 0.1) is 34.9 Å². The zero-order chi connectivity index (χ0) is 23.4. The number of hydrogen-bond acceptors (Lipinski definition) is 6. The van der Waals surface area contributed by atoms with Crippen LogP contribution in [0.4, 0.5) is 5.69 Å². The van der Waals surface area contributed by atoms with Crippen LogP contribution in [0.5, 0.6) is 0 Å². The zero-order valence-corrected chi connectivity index (χ0v) is 18.7. The molecule has 0 atom stereocenters. The number of aromatic amines is 1. The van der Waals surface area contributed by atoms with Gasteiger partial charge in [-0.1, -0.05) is 18.2 Å². The summed E-state index contributed by atoms with van der Waals surface area (Å²) in [5.74, 6) is -1.74. The highest BCUT2D eigenvalue weighted by molar-refractivity contribution is 6.00. The van der Waals surface area contributed by atoms with Crippen LogP contribution >= 0.6 is 0 Å². The number of aromatic nitrogens is 3. The predicted octanol–water partition coefficient (Wildman–Crippen LogP) is 3.41. The van der Waals surface area contributed by atoms with Crippen molar-refractivity contribution in [3.05, 3.63) is 64.2 Å². The number of para-hydroxylation sites is 1. The van der Waals surface area contributed by atoms with E-state index in [1.807, 2.05) is 37.3 Å². The lowest BCUT2D eigenvalue weighted by atomic mass is 10.1. The number of aryl methyl sites for hydroxylation is 2. The van der Waals surface area contributed by atoms with Gasteiger partial charge in [0, 0.05) is 5.69 Å². The summed E-state index contributed by atoms with van der Waals surface area (Å²) in [5.41, 5.74) is 4.12. The first-order valence-electron chi connectivity index (χ1n) is 10.2. The Morgan fingerprint density at radius 2 is 1.72 bits per heavy atom. The van der Waals surface area contributed by atoms with Crippen molar-refractivity contribution in [2.75, 3.05) is 18.5 Å². The maximum atomic E-state index is 12.6. The van der Waals surface area contributed by atoms with Crippen LogP contribution in [-0.4, -0.2) is 45.8 Å². The molecule has 2 heterocycles. The van der Waals surface area contributed by atoms with Crippen molar-refractivity contribution in [2.45, 2.75) is 34.6 Å². The van der Waals surface area contributed by atoms with E-state index >= 15 is 0 Å². The van der Waals surface area contributed by atoms with E-state index in [2.05, 4.69) is 15.4 Å². The van der Waals surface area contributed by atoms with Crippen LogP contribution in [0.2, 0.25) is 0 Å². The lowest BCUT2D eigenvalue weighted by Gasteiger charge is -2.08. The molecule has 2 aromatic heterocycles. The molecular formula is C23H26N4O5. The minimum Gasteiger partial charge on any atom is -0.461 e. The third kappa shape index (κ3) is 4.56. The molecule has 0 radical (unpaired) electrons. The summed E-state index contributed by atoms with van der Waals surface area (Å²) in [6, 6.07) is 9.55. The Bertz CT molecular complexity index is 1160. The van der Waals surface area contributed by atoms with Crippen LogP contribution in [-0.2, 0) is 14.3 Å². The second kappa shape index (κ2) is 9.51. The van der Waals surface area contributed by atoms with Gasteiger partial charge in [-0.15, -0.1) is 0 Å². The summed E-state index contributed by atoms with van der Waals surface area (Å²) in [4.78, 5) is 39.9. The largest absolute Gasteiger partial charge is 0.461 e. The van der Waals surface area contributed by atoms with Crippen molar-refractivity contribution in [2.24, 2.45) is 0 Å². The Kier molecular flexibility index (Phi) is 6.77. The number of ether oxygens (including phenoxy) is 2. The molecule has 0 unspecified atom stereocenters. The Morgan fingerprint density at radius 3 is 2.38 bits per heavy atom. The zero-order valence-electron chi connectivity index (χ0n) is 18.7. The van der Waals surface area contributed by atoms with Crippen molar-refractivity contribution in [1.82, 2.24) is 14.8 Å². The molecule has 1 amide bonds. The number of benzene rings is 1. The van der Waals surface area contributed by atoms with Gasteiger partial charge >= 0.3 is 11.9 Å². The van der Waals surface area contributed by atoms with Crippen LogP contribution in [0.25, 0.3) is 5.69 Å². The van der Waals surface area contributed by atoms with E-state index in [1.165, 1.54) is 0 Å². The lowest BCUT2D eigenvalue weighted by molar-refractivity contribution is -0.119. The number of rotatable bonds is 7. The molecule has 1 aromatic carbocycles. The fourth-order valence-electron chi connectivity index (χ4n) is 3.49. The molecule has 3 aromatic rings. The average molecular weight is 438 g/mol. The summed E-state index contributed by atoms with van der Waals surface area (Å²) in [7, 11) is 0. The number of nitrogens with zero attached hydrogens (tertiary/aromatic N) is 2. The molecule has 9 nitrogen and oxygen atoms in total. The molecule has 3 rings (SSSR count). The smallest absolute Gasteiger partial charge is 0.355 e. The molecule has 32 heavy (non-hydrogen) atoms. The van der Waals surface area contributed by atoms with Gasteiger partial charge in [-0.05, 0) is 52.3 Å². The van der Waals surface area contributed by atoms with Gasteiger partial charge in [0.1, 0.15) is 5.69 Å². The summed E-state index contributed by atoms with van der Waals surface area (Å²) in [5, 5.41) is 7.24. The molecule has 0 bridgehead atoms. The Hall–Kier alpha value is -3.88. The standard InChI is InChI=1S/C23H26N4O5/c1-6-31-23(30)20-13(2)19(14(3)24-20)22(29)32-12-18(28)25-21-15(4)26-27(16(21)5)17-10-8-7-9-11-17/h7-11,24H,6,12H2,1-5H3,(H,25,28). The molecule has 0 fully saturated rings. The van der Waals surface area contributed by atoms with Crippen molar-refractivity contribution >= 4 is 23.5 Å². The third-order valence-corrected chi connectivity index (χ3v) is 5.01. The lowest BCUT2D eigenvalue weighted by Crippen LogP contribution is -2.22. The molecule has 0 spiro atoms. The highest BCUT2D eigenvalue weighted by atomic mass is 16.5. The van der Waals surface area contributed by atoms with Crippen LogP contribution in [0.15, 0.2) is 30.3 Å². The number of nitrogens with one attached hydrogen (secondary N) is 2. The number of anilines is 1. The van der Waals surface area contributed by atoms with Crippen molar-refractivity contribution in [3.63, 3.8) is 0 Å². The topological polar surface area (TPSA) is 115 Å². The van der Waals surface area contributed by atoms with E-state index in [1.54, 1.807) is 32.4 Å². The first kappa shape index (κ1) is 22.8. The van der Waals surface area contributed by atoms with Crippen LogP contribution in [0, 0.1) is 27.7 Å². The quantitative estimate of drug-likeness (QED) is 0.546. The van der Waals surface area contributed by atoms with E-state index in [-0.39, 0.29) is 17.9 Å². The molecule has 0 aliphatic heterocycles.